The van der Waals surface area contributed by atoms with Gasteiger partial charge >= 0.3 is 6.18 Å². The van der Waals surface area contributed by atoms with E-state index in [0.29, 0.717) is 17.2 Å². The van der Waals surface area contributed by atoms with Crippen molar-refractivity contribution in [3.63, 3.8) is 0 Å². The fourth-order valence-corrected chi connectivity index (χ4v) is 2.80. The summed E-state index contributed by atoms with van der Waals surface area (Å²) in [5.41, 5.74) is 0.232. The highest BCUT2D eigenvalue weighted by Gasteiger charge is 2.35. The Labute approximate surface area is 137 Å². The van der Waals surface area contributed by atoms with Crippen LogP contribution in [0.4, 0.5) is 13.2 Å². The Balaban J connectivity index is 2.12. The highest BCUT2D eigenvalue weighted by molar-refractivity contribution is 5.82. The molecule has 0 saturated heterocycles. The number of hydrogen-bond donors (Lipinski definition) is 0. The zero-order valence-corrected chi connectivity index (χ0v) is 13.1. The van der Waals surface area contributed by atoms with Crippen LogP contribution >= 0.6 is 0 Å². The Kier molecular flexibility index (Phi) is 4.18. The van der Waals surface area contributed by atoms with E-state index in [1.54, 1.807) is 18.2 Å². The van der Waals surface area contributed by atoms with Crippen molar-refractivity contribution >= 4 is 10.8 Å². The summed E-state index contributed by atoms with van der Waals surface area (Å²) in [5, 5.41) is 0.630. The minimum absolute atomic E-state index is 0.0123. The molecular weight excluding hydrogens is 315 g/mol. The van der Waals surface area contributed by atoms with E-state index in [-0.39, 0.29) is 6.54 Å². The summed E-state index contributed by atoms with van der Waals surface area (Å²) in [6, 6.07) is 15.1. The summed E-state index contributed by atoms with van der Waals surface area (Å²) >= 11 is 0. The van der Waals surface area contributed by atoms with Crippen LogP contribution < -0.4 is 5.56 Å². The molecule has 0 spiro atoms. The van der Waals surface area contributed by atoms with Gasteiger partial charge in [0.15, 0.2) is 0 Å². The molecule has 3 rings (SSSR count). The zero-order valence-electron chi connectivity index (χ0n) is 13.1. The number of benzene rings is 2. The number of aryl methyl sites for hydroxylation is 2. The minimum atomic E-state index is -4.57. The van der Waals surface area contributed by atoms with Gasteiger partial charge in [0.1, 0.15) is 5.69 Å². The standard InChI is InChI=1S/C19H16F3NO/c1-13-7-8-15-12-17(19(20,21)22)23(18(24)16(15)11-13)10-9-14-5-3-2-4-6-14/h2-8,11-12H,9-10H2,1H3. The number of pyridine rings is 1. The number of hydrogen-bond acceptors (Lipinski definition) is 1. The van der Waals surface area contributed by atoms with E-state index in [1.807, 2.05) is 37.3 Å². The second kappa shape index (κ2) is 6.15. The number of nitrogens with zero attached hydrogens (tertiary/aromatic N) is 1. The number of aromatic nitrogens is 1. The van der Waals surface area contributed by atoms with Gasteiger partial charge in [0.2, 0.25) is 0 Å². The van der Waals surface area contributed by atoms with Crippen molar-refractivity contribution in [3.8, 4) is 0 Å². The summed E-state index contributed by atoms with van der Waals surface area (Å²) in [6.45, 7) is 1.80. The lowest BCUT2D eigenvalue weighted by Gasteiger charge is -2.17. The summed E-state index contributed by atoms with van der Waals surface area (Å²) in [4.78, 5) is 12.6. The molecule has 2 aromatic carbocycles. The molecule has 0 atom stereocenters. The fourth-order valence-electron chi connectivity index (χ4n) is 2.80. The van der Waals surface area contributed by atoms with Crippen LogP contribution in [-0.2, 0) is 19.1 Å². The predicted molar refractivity (Wildman–Crippen MR) is 88.1 cm³/mol. The number of alkyl halides is 3. The molecule has 2 nitrogen and oxygen atoms in total. The van der Waals surface area contributed by atoms with E-state index in [0.717, 1.165) is 21.8 Å². The van der Waals surface area contributed by atoms with Crippen LogP contribution in [0.25, 0.3) is 10.8 Å². The molecule has 0 aliphatic carbocycles. The minimum Gasteiger partial charge on any atom is -0.304 e. The topological polar surface area (TPSA) is 22.0 Å². The normalized spacial score (nSPS) is 11.8. The SMILES string of the molecule is Cc1ccc2cc(C(F)(F)F)n(CCc3ccccc3)c(=O)c2c1. The zero-order chi connectivity index (χ0) is 17.3. The first kappa shape index (κ1) is 16.3. The van der Waals surface area contributed by atoms with E-state index < -0.39 is 17.4 Å². The third kappa shape index (κ3) is 3.20. The van der Waals surface area contributed by atoms with Crippen LogP contribution in [0.2, 0.25) is 0 Å². The molecule has 0 N–H and O–H groups in total. The van der Waals surface area contributed by atoms with Gasteiger partial charge in [-0.15, -0.1) is 0 Å². The third-order valence-corrected chi connectivity index (χ3v) is 4.02. The van der Waals surface area contributed by atoms with Crippen molar-refractivity contribution in [2.45, 2.75) is 26.1 Å². The molecule has 0 bridgehead atoms. The van der Waals surface area contributed by atoms with Crippen molar-refractivity contribution < 1.29 is 13.2 Å². The van der Waals surface area contributed by atoms with Gasteiger partial charge in [-0.25, -0.2) is 0 Å². The van der Waals surface area contributed by atoms with Gasteiger partial charge in [-0.2, -0.15) is 13.2 Å². The molecule has 0 aliphatic rings. The van der Waals surface area contributed by atoms with Gasteiger partial charge in [-0.3, -0.25) is 4.79 Å². The number of fused-ring (bicyclic) bond motifs is 1. The van der Waals surface area contributed by atoms with E-state index in [4.69, 9.17) is 0 Å². The fraction of sp³-hybridized carbons (Fsp3) is 0.211. The first-order chi connectivity index (χ1) is 11.4. The predicted octanol–water partition coefficient (Wildman–Crippen LogP) is 4.57. The molecule has 0 aliphatic heterocycles. The van der Waals surface area contributed by atoms with Gasteiger partial charge in [0.25, 0.3) is 5.56 Å². The molecule has 0 amide bonds. The van der Waals surface area contributed by atoms with Crippen LogP contribution in [0.3, 0.4) is 0 Å². The lowest BCUT2D eigenvalue weighted by molar-refractivity contribution is -0.144. The van der Waals surface area contributed by atoms with Gasteiger partial charge in [-0.1, -0.05) is 48.0 Å². The number of halogens is 3. The van der Waals surface area contributed by atoms with Crippen molar-refractivity contribution in [1.29, 1.82) is 0 Å². The van der Waals surface area contributed by atoms with E-state index in [1.165, 1.54) is 0 Å². The molecule has 3 aromatic rings. The molecule has 124 valence electrons. The summed E-state index contributed by atoms with van der Waals surface area (Å²) in [5.74, 6) is 0. The molecule has 5 heteroatoms. The molecule has 0 radical (unpaired) electrons. The quantitative estimate of drug-likeness (QED) is 0.689. The Morgan fingerprint density at radius 1 is 1.00 bits per heavy atom. The van der Waals surface area contributed by atoms with E-state index in [2.05, 4.69) is 0 Å². The van der Waals surface area contributed by atoms with Crippen molar-refractivity contribution in [2.75, 3.05) is 0 Å². The third-order valence-electron chi connectivity index (χ3n) is 4.02. The second-order valence-corrected chi connectivity index (χ2v) is 5.81. The smallest absolute Gasteiger partial charge is 0.304 e. The van der Waals surface area contributed by atoms with E-state index >= 15 is 0 Å². The highest BCUT2D eigenvalue weighted by Crippen LogP contribution is 2.30. The Morgan fingerprint density at radius 2 is 1.71 bits per heavy atom. The van der Waals surface area contributed by atoms with Crippen molar-refractivity contribution in [1.82, 2.24) is 4.57 Å². The van der Waals surface area contributed by atoms with Crippen molar-refractivity contribution in [2.24, 2.45) is 0 Å². The lowest BCUT2D eigenvalue weighted by Crippen LogP contribution is -2.29. The first-order valence-corrected chi connectivity index (χ1v) is 7.61. The van der Waals surface area contributed by atoms with Crippen LogP contribution in [0.1, 0.15) is 16.8 Å². The van der Waals surface area contributed by atoms with Gasteiger partial charge in [0, 0.05) is 11.9 Å². The molecule has 0 saturated carbocycles. The van der Waals surface area contributed by atoms with Gasteiger partial charge in [-0.05, 0) is 36.4 Å². The van der Waals surface area contributed by atoms with Crippen LogP contribution in [0.15, 0.2) is 59.4 Å². The largest absolute Gasteiger partial charge is 0.431 e. The second-order valence-electron chi connectivity index (χ2n) is 5.81. The van der Waals surface area contributed by atoms with Gasteiger partial charge in [0.05, 0.1) is 0 Å². The Bertz CT molecular complexity index is 927. The summed E-state index contributed by atoms with van der Waals surface area (Å²) < 4.78 is 41.0. The van der Waals surface area contributed by atoms with Crippen LogP contribution in [0.5, 0.6) is 0 Å². The highest BCUT2D eigenvalue weighted by atomic mass is 19.4. The molecule has 1 aromatic heterocycles. The van der Waals surface area contributed by atoms with E-state index in [9.17, 15) is 18.0 Å². The first-order valence-electron chi connectivity index (χ1n) is 7.61. The maximum Gasteiger partial charge on any atom is 0.431 e. The molecule has 0 unspecified atom stereocenters. The molecule has 24 heavy (non-hydrogen) atoms. The van der Waals surface area contributed by atoms with Gasteiger partial charge < -0.3 is 4.57 Å². The monoisotopic (exact) mass is 331 g/mol. The average molecular weight is 331 g/mol. The molecule has 0 fully saturated rings. The molecule has 1 heterocycles. The Hall–Kier alpha value is -2.56. The summed E-state index contributed by atoms with van der Waals surface area (Å²) in [7, 11) is 0. The summed E-state index contributed by atoms with van der Waals surface area (Å²) in [6.07, 6.45) is -4.21. The maximum atomic E-state index is 13.4. The average Bonchev–Trinajstić information content (AvgIpc) is 2.54. The Morgan fingerprint density at radius 3 is 2.38 bits per heavy atom. The lowest BCUT2D eigenvalue weighted by atomic mass is 10.1. The number of rotatable bonds is 3. The molecular formula is C19H16F3NO. The maximum absolute atomic E-state index is 13.4. The van der Waals surface area contributed by atoms with Crippen LogP contribution in [-0.4, -0.2) is 4.57 Å². The van der Waals surface area contributed by atoms with Crippen molar-refractivity contribution in [3.05, 3.63) is 81.8 Å². The van der Waals surface area contributed by atoms with Crippen LogP contribution in [0, 0.1) is 6.92 Å².